The van der Waals surface area contributed by atoms with E-state index in [0.29, 0.717) is 46.0 Å². The maximum absolute atomic E-state index is 11.9. The van der Waals surface area contributed by atoms with Crippen LogP contribution in [0, 0.1) is 17.2 Å². The van der Waals surface area contributed by atoms with Crippen LogP contribution in [0.3, 0.4) is 0 Å². The molecule has 0 radical (unpaired) electrons. The number of nitrogens with zero attached hydrogens (tertiary/aromatic N) is 4. The molecule has 0 spiro atoms. The number of pyridine rings is 1. The monoisotopic (exact) mass is 458 g/mol. The quantitative estimate of drug-likeness (QED) is 0.396. The first kappa shape index (κ1) is 23.4. The van der Waals surface area contributed by atoms with Crippen molar-refractivity contribution < 1.29 is 9.53 Å². The molecule has 8 heteroatoms. The fourth-order valence-electron chi connectivity index (χ4n) is 4.46. The van der Waals surface area contributed by atoms with Gasteiger partial charge in [-0.3, -0.25) is 0 Å². The SMILES string of the molecule is COC(=O)c1cccc(C(=N)CC(=Nc2cccc(N3CC(C)CC(C)C3)n2)c2ncc[nH]2)c1. The average Bonchev–Trinajstić information content (AvgIpc) is 3.38. The summed E-state index contributed by atoms with van der Waals surface area (Å²) in [7, 11) is 1.34. The number of piperidine rings is 1. The van der Waals surface area contributed by atoms with Gasteiger partial charge in [0.1, 0.15) is 5.82 Å². The summed E-state index contributed by atoms with van der Waals surface area (Å²) in [6.07, 6.45) is 4.84. The van der Waals surface area contributed by atoms with Gasteiger partial charge in [-0.2, -0.15) is 0 Å². The standard InChI is InChI=1S/C26H30N6O2/c1-17-12-18(2)16-32(15-17)24-9-5-8-23(31-24)30-22(25-28-10-11-29-25)14-21(27)19-6-4-7-20(13-19)26(33)34-3/h4-11,13,17-18,27H,12,14-16H2,1-3H3,(H,28,29). The highest BCUT2D eigenvalue weighted by atomic mass is 16.5. The minimum absolute atomic E-state index is 0.224. The second-order valence-electron chi connectivity index (χ2n) is 8.93. The third kappa shape index (κ3) is 5.57. The predicted octanol–water partition coefficient (Wildman–Crippen LogP) is 4.65. The molecule has 1 aliphatic rings. The van der Waals surface area contributed by atoms with Crippen LogP contribution in [0.4, 0.5) is 11.6 Å². The number of aromatic nitrogens is 3. The van der Waals surface area contributed by atoms with Crippen molar-refractivity contribution in [3.05, 3.63) is 71.8 Å². The van der Waals surface area contributed by atoms with Gasteiger partial charge in [0.2, 0.25) is 0 Å². The van der Waals surface area contributed by atoms with Gasteiger partial charge >= 0.3 is 5.97 Å². The summed E-state index contributed by atoms with van der Waals surface area (Å²) in [5, 5.41) is 8.67. The molecule has 0 amide bonds. The zero-order chi connectivity index (χ0) is 24.1. The Balaban J connectivity index is 1.61. The van der Waals surface area contributed by atoms with Crippen molar-refractivity contribution in [2.75, 3.05) is 25.1 Å². The Morgan fingerprint density at radius 3 is 2.62 bits per heavy atom. The number of hydrogen-bond acceptors (Lipinski definition) is 7. The first-order valence-electron chi connectivity index (χ1n) is 11.5. The topological polar surface area (TPSA) is 107 Å². The molecule has 3 heterocycles. The van der Waals surface area contributed by atoms with Gasteiger partial charge in [-0.1, -0.05) is 32.0 Å². The van der Waals surface area contributed by atoms with E-state index in [-0.39, 0.29) is 6.42 Å². The first-order chi connectivity index (χ1) is 16.4. The molecule has 1 aromatic carbocycles. The van der Waals surface area contributed by atoms with Gasteiger partial charge in [0, 0.05) is 37.6 Å². The van der Waals surface area contributed by atoms with Crippen molar-refractivity contribution in [1.29, 1.82) is 5.41 Å². The normalized spacial score (nSPS) is 18.6. The van der Waals surface area contributed by atoms with E-state index in [2.05, 4.69) is 28.7 Å². The lowest BCUT2D eigenvalue weighted by molar-refractivity contribution is 0.0600. The first-order valence-corrected chi connectivity index (χ1v) is 11.5. The van der Waals surface area contributed by atoms with Crippen LogP contribution in [0.2, 0.25) is 0 Å². The lowest BCUT2D eigenvalue weighted by atomic mass is 9.92. The van der Waals surface area contributed by atoms with Crippen molar-refractivity contribution in [3.63, 3.8) is 0 Å². The van der Waals surface area contributed by atoms with E-state index in [1.807, 2.05) is 18.2 Å². The van der Waals surface area contributed by atoms with Crippen LogP contribution < -0.4 is 4.90 Å². The van der Waals surface area contributed by atoms with Crippen LogP contribution in [0.15, 0.2) is 59.9 Å². The van der Waals surface area contributed by atoms with Gasteiger partial charge in [-0.05, 0) is 48.1 Å². The van der Waals surface area contributed by atoms with Gasteiger partial charge < -0.3 is 20.0 Å². The zero-order valence-electron chi connectivity index (χ0n) is 19.8. The van der Waals surface area contributed by atoms with E-state index in [9.17, 15) is 4.79 Å². The third-order valence-electron chi connectivity index (χ3n) is 5.91. The minimum atomic E-state index is -0.433. The number of nitrogens with one attached hydrogen (secondary N) is 2. The number of H-pyrrole nitrogens is 1. The summed E-state index contributed by atoms with van der Waals surface area (Å²) < 4.78 is 4.80. The van der Waals surface area contributed by atoms with E-state index in [0.717, 1.165) is 18.9 Å². The van der Waals surface area contributed by atoms with Crippen molar-refractivity contribution in [3.8, 4) is 0 Å². The number of aliphatic imine (C=N–C) groups is 1. The average molecular weight is 459 g/mol. The molecule has 0 aliphatic carbocycles. The van der Waals surface area contributed by atoms with E-state index in [1.165, 1.54) is 13.5 Å². The summed E-state index contributed by atoms with van der Waals surface area (Å²) in [5.74, 6) is 2.89. The highest BCUT2D eigenvalue weighted by Gasteiger charge is 2.23. The van der Waals surface area contributed by atoms with Crippen molar-refractivity contribution in [2.45, 2.75) is 26.7 Å². The van der Waals surface area contributed by atoms with Gasteiger partial charge in [0.15, 0.2) is 11.6 Å². The van der Waals surface area contributed by atoms with Crippen LogP contribution in [0.25, 0.3) is 0 Å². The molecule has 0 saturated carbocycles. The van der Waals surface area contributed by atoms with Gasteiger partial charge in [-0.25, -0.2) is 19.8 Å². The minimum Gasteiger partial charge on any atom is -0.465 e. The number of benzene rings is 1. The number of ether oxygens (including phenoxy) is 1. The Morgan fingerprint density at radius 1 is 1.18 bits per heavy atom. The number of aromatic amines is 1. The van der Waals surface area contributed by atoms with E-state index in [1.54, 1.807) is 36.7 Å². The Bertz CT molecular complexity index is 1180. The molecule has 2 aromatic heterocycles. The molecule has 8 nitrogen and oxygen atoms in total. The summed E-state index contributed by atoms with van der Waals surface area (Å²) in [5.41, 5.74) is 1.94. The number of anilines is 1. The second-order valence-corrected chi connectivity index (χ2v) is 8.93. The highest BCUT2D eigenvalue weighted by molar-refractivity contribution is 6.16. The number of carbonyl (C=O) groups excluding carboxylic acids is 1. The zero-order valence-corrected chi connectivity index (χ0v) is 19.8. The molecular weight excluding hydrogens is 428 g/mol. The van der Waals surface area contributed by atoms with Gasteiger partial charge in [0.25, 0.3) is 0 Å². The maximum Gasteiger partial charge on any atom is 0.337 e. The second kappa shape index (κ2) is 10.4. The molecule has 2 unspecified atom stereocenters. The van der Waals surface area contributed by atoms with E-state index in [4.69, 9.17) is 20.1 Å². The molecule has 1 fully saturated rings. The number of rotatable bonds is 7. The number of carbonyl (C=O) groups is 1. The van der Waals surface area contributed by atoms with Crippen molar-refractivity contribution >= 4 is 29.0 Å². The summed E-state index contributed by atoms with van der Waals surface area (Å²) >= 11 is 0. The molecule has 0 bridgehead atoms. The van der Waals surface area contributed by atoms with Gasteiger partial charge in [0.05, 0.1) is 18.4 Å². The third-order valence-corrected chi connectivity index (χ3v) is 5.91. The van der Waals surface area contributed by atoms with E-state index >= 15 is 0 Å². The maximum atomic E-state index is 11.9. The lowest BCUT2D eigenvalue weighted by Crippen LogP contribution is -2.39. The molecular formula is C26H30N6O2. The van der Waals surface area contributed by atoms with Crippen molar-refractivity contribution in [2.24, 2.45) is 16.8 Å². The molecule has 1 aliphatic heterocycles. The summed E-state index contributed by atoms with van der Waals surface area (Å²) in [6, 6.07) is 12.7. The molecule has 3 aromatic rings. The van der Waals surface area contributed by atoms with Gasteiger partial charge in [-0.15, -0.1) is 0 Å². The number of imidazole rings is 1. The molecule has 4 rings (SSSR count). The predicted molar refractivity (Wildman–Crippen MR) is 133 cm³/mol. The smallest absolute Gasteiger partial charge is 0.337 e. The molecule has 34 heavy (non-hydrogen) atoms. The van der Waals surface area contributed by atoms with Crippen LogP contribution in [0.1, 0.15) is 48.4 Å². The largest absolute Gasteiger partial charge is 0.465 e. The Hall–Kier alpha value is -3.81. The Kier molecular flexibility index (Phi) is 7.15. The van der Waals surface area contributed by atoms with E-state index < -0.39 is 5.97 Å². The molecule has 2 N–H and O–H groups in total. The summed E-state index contributed by atoms with van der Waals surface area (Å²) in [4.78, 5) is 31.3. The number of esters is 1. The Morgan fingerprint density at radius 2 is 1.91 bits per heavy atom. The van der Waals surface area contributed by atoms with Crippen molar-refractivity contribution in [1.82, 2.24) is 15.0 Å². The fraction of sp³-hybridized carbons (Fsp3) is 0.346. The number of hydrogen-bond donors (Lipinski definition) is 2. The number of methoxy groups -OCH3 is 1. The van der Waals surface area contributed by atoms with Crippen LogP contribution >= 0.6 is 0 Å². The van der Waals surface area contributed by atoms with Crippen LogP contribution in [0.5, 0.6) is 0 Å². The molecule has 176 valence electrons. The van der Waals surface area contributed by atoms with Crippen LogP contribution in [-0.2, 0) is 4.74 Å². The molecule has 2 atom stereocenters. The summed E-state index contributed by atoms with van der Waals surface area (Å²) in [6.45, 7) is 6.52. The molecule has 1 saturated heterocycles. The van der Waals surface area contributed by atoms with Crippen LogP contribution in [-0.4, -0.2) is 52.5 Å². The lowest BCUT2D eigenvalue weighted by Gasteiger charge is -2.35. The fourth-order valence-corrected chi connectivity index (χ4v) is 4.46. The Labute approximate surface area is 199 Å². The highest BCUT2D eigenvalue weighted by Crippen LogP contribution is 2.26.